The number of aromatic nitrogens is 3. The molecule has 2 heterocycles. The molecule has 40 heavy (non-hydrogen) atoms. The van der Waals surface area contributed by atoms with E-state index in [0.29, 0.717) is 71.1 Å². The van der Waals surface area contributed by atoms with E-state index in [1.54, 1.807) is 13.0 Å². The Kier molecular flexibility index (Phi) is 8.02. The molecule has 3 unspecified atom stereocenters. The lowest BCUT2D eigenvalue weighted by Crippen LogP contribution is -2.49. The minimum atomic E-state index is -2.65. The summed E-state index contributed by atoms with van der Waals surface area (Å²) < 4.78 is 33.2. The number of benzene rings is 1. The number of nitrogens with one attached hydrogen (secondary N) is 3. The molecule has 2 aromatic heterocycles. The summed E-state index contributed by atoms with van der Waals surface area (Å²) in [5.74, 6) is 0.357. The highest BCUT2D eigenvalue weighted by Crippen LogP contribution is 2.38. The number of hydrogen-bond donors (Lipinski definition) is 4. The number of ether oxygens (including phenoxy) is 1. The van der Waals surface area contributed by atoms with Crippen molar-refractivity contribution in [3.63, 3.8) is 0 Å². The maximum absolute atomic E-state index is 13.6. The molecule has 0 saturated heterocycles. The molecule has 4 N–H and O–H groups in total. The first-order valence-electron chi connectivity index (χ1n) is 13.8. The lowest BCUT2D eigenvalue weighted by Gasteiger charge is -2.35. The van der Waals surface area contributed by atoms with Crippen LogP contribution >= 0.6 is 0 Å². The molecule has 2 fully saturated rings. The van der Waals surface area contributed by atoms with Crippen LogP contribution in [0.4, 0.5) is 8.78 Å². The summed E-state index contributed by atoms with van der Waals surface area (Å²) in [6.07, 6.45) is 1.80. The predicted octanol–water partition coefficient (Wildman–Crippen LogP) is 4.44. The minimum absolute atomic E-state index is 0.0688. The smallest absolute Gasteiger partial charge is 0.263 e. The van der Waals surface area contributed by atoms with E-state index in [1.807, 2.05) is 6.92 Å². The van der Waals surface area contributed by atoms with Gasteiger partial charge in [-0.15, -0.1) is 0 Å². The third-order valence-electron chi connectivity index (χ3n) is 7.89. The summed E-state index contributed by atoms with van der Waals surface area (Å²) >= 11 is 0. The average Bonchev–Trinajstić information content (AvgIpc) is 3.68. The van der Waals surface area contributed by atoms with Crippen LogP contribution in [0.2, 0.25) is 0 Å². The van der Waals surface area contributed by atoms with Gasteiger partial charge < -0.3 is 25.5 Å². The Morgan fingerprint density at radius 2 is 1.95 bits per heavy atom. The van der Waals surface area contributed by atoms with Crippen LogP contribution < -0.4 is 15.4 Å². The molecular formula is C29H35F2N5O4. The van der Waals surface area contributed by atoms with Gasteiger partial charge in [-0.1, -0.05) is 6.92 Å². The largest absolute Gasteiger partial charge is 0.493 e. The summed E-state index contributed by atoms with van der Waals surface area (Å²) in [5.41, 5.74) is 2.52. The number of amides is 2. The molecule has 2 saturated carbocycles. The second kappa shape index (κ2) is 11.5. The van der Waals surface area contributed by atoms with Gasteiger partial charge in [0.15, 0.2) is 0 Å². The lowest BCUT2D eigenvalue weighted by molar-refractivity contribution is -0.129. The van der Waals surface area contributed by atoms with Crippen LogP contribution in [0.25, 0.3) is 22.3 Å². The molecule has 1 aromatic carbocycles. The van der Waals surface area contributed by atoms with Gasteiger partial charge in [-0.2, -0.15) is 0 Å². The number of aryl methyl sites for hydroxylation is 1. The number of carbonyl (C=O) groups is 2. The highest BCUT2D eigenvalue weighted by molar-refractivity contribution is 6.09. The third kappa shape index (κ3) is 5.94. The number of aliphatic hydroxyl groups excluding tert-OH is 1. The zero-order chi connectivity index (χ0) is 28.6. The normalized spacial score (nSPS) is 21.8. The summed E-state index contributed by atoms with van der Waals surface area (Å²) in [4.78, 5) is 37.4. The zero-order valence-corrected chi connectivity index (χ0v) is 22.8. The number of halogens is 2. The van der Waals surface area contributed by atoms with Crippen molar-refractivity contribution >= 4 is 22.8 Å². The second-order valence-electron chi connectivity index (χ2n) is 11.1. The first kappa shape index (κ1) is 27.9. The molecule has 2 aliphatic rings. The SMILES string of the molecule is Cc1[nH]c2c(-c3cc(C(F)F)ccc3OCC3CC3)ncnc2c1C(=O)NC1CCC(NC(=O)[C@H](C)O)C(C)C1. The average molecular weight is 556 g/mol. The number of H-pyrrole nitrogens is 1. The quantitative estimate of drug-likeness (QED) is 0.309. The number of carbonyl (C=O) groups excluding carboxylic acids is 2. The molecule has 11 heteroatoms. The van der Waals surface area contributed by atoms with Crippen LogP contribution in [0.3, 0.4) is 0 Å². The Labute approximate surface area is 231 Å². The number of fused-ring (bicyclic) bond motifs is 1. The van der Waals surface area contributed by atoms with Gasteiger partial charge in [-0.25, -0.2) is 18.7 Å². The van der Waals surface area contributed by atoms with Crippen molar-refractivity contribution in [3.8, 4) is 17.0 Å². The first-order chi connectivity index (χ1) is 19.1. The second-order valence-corrected chi connectivity index (χ2v) is 11.1. The van der Waals surface area contributed by atoms with Crippen molar-refractivity contribution in [1.82, 2.24) is 25.6 Å². The van der Waals surface area contributed by atoms with E-state index in [0.717, 1.165) is 12.8 Å². The highest BCUT2D eigenvalue weighted by Gasteiger charge is 2.32. The van der Waals surface area contributed by atoms with E-state index in [1.165, 1.54) is 25.4 Å². The van der Waals surface area contributed by atoms with E-state index in [9.17, 15) is 23.5 Å². The van der Waals surface area contributed by atoms with E-state index in [2.05, 4.69) is 25.6 Å². The molecule has 0 aliphatic heterocycles. The first-order valence-corrected chi connectivity index (χ1v) is 13.8. The van der Waals surface area contributed by atoms with Crippen LogP contribution in [-0.4, -0.2) is 56.7 Å². The van der Waals surface area contributed by atoms with Crippen molar-refractivity contribution in [1.29, 1.82) is 0 Å². The monoisotopic (exact) mass is 555 g/mol. The number of aromatic amines is 1. The molecule has 0 radical (unpaired) electrons. The number of aliphatic hydroxyl groups is 1. The van der Waals surface area contributed by atoms with E-state index in [-0.39, 0.29) is 29.5 Å². The molecule has 4 atom stereocenters. The molecule has 2 amide bonds. The molecular weight excluding hydrogens is 520 g/mol. The third-order valence-corrected chi connectivity index (χ3v) is 7.89. The molecule has 0 bridgehead atoms. The number of rotatable bonds is 9. The Morgan fingerprint density at radius 1 is 1.18 bits per heavy atom. The maximum atomic E-state index is 13.6. The predicted molar refractivity (Wildman–Crippen MR) is 145 cm³/mol. The van der Waals surface area contributed by atoms with Gasteiger partial charge in [0.25, 0.3) is 12.3 Å². The fraction of sp³-hybridized carbons (Fsp3) is 0.517. The van der Waals surface area contributed by atoms with Crippen LogP contribution in [0.5, 0.6) is 5.75 Å². The van der Waals surface area contributed by atoms with Gasteiger partial charge >= 0.3 is 0 Å². The fourth-order valence-corrected chi connectivity index (χ4v) is 5.39. The molecule has 9 nitrogen and oxygen atoms in total. The zero-order valence-electron chi connectivity index (χ0n) is 22.8. The van der Waals surface area contributed by atoms with E-state index >= 15 is 0 Å². The van der Waals surface area contributed by atoms with Gasteiger partial charge in [0, 0.05) is 28.9 Å². The standard InChI is InChI=1S/C29H35F2N5O4/c1-14-10-19(7-8-21(14)36-28(38)16(3)37)35-29(39)23-15(2)34-26-24(32-13-33-25(23)26)20-11-18(27(30)31)6-9-22(20)40-12-17-4-5-17/h6,9,11,13-14,16-17,19,21,27,34,37H,4-5,7-8,10,12H2,1-3H3,(H,35,39)(H,36,38)/t14?,16-,19?,21?/m0/s1. The van der Waals surface area contributed by atoms with Crippen molar-refractivity contribution in [2.45, 2.75) is 77.5 Å². The number of alkyl halides is 2. The van der Waals surface area contributed by atoms with Crippen molar-refractivity contribution < 1.29 is 28.2 Å². The van der Waals surface area contributed by atoms with Crippen LogP contribution in [0.15, 0.2) is 24.5 Å². The van der Waals surface area contributed by atoms with Gasteiger partial charge in [-0.3, -0.25) is 9.59 Å². The summed E-state index contributed by atoms with van der Waals surface area (Å²) in [6.45, 7) is 5.72. The molecule has 2 aliphatic carbocycles. The lowest BCUT2D eigenvalue weighted by atomic mass is 9.82. The molecule has 3 aromatic rings. The molecule has 0 spiro atoms. The van der Waals surface area contributed by atoms with E-state index in [4.69, 9.17) is 4.74 Å². The molecule has 214 valence electrons. The van der Waals surface area contributed by atoms with Gasteiger partial charge in [-0.05, 0) is 76.0 Å². The van der Waals surface area contributed by atoms with Gasteiger partial charge in [0.2, 0.25) is 5.91 Å². The Bertz CT molecular complexity index is 1400. The Hall–Kier alpha value is -3.60. The van der Waals surface area contributed by atoms with E-state index < -0.39 is 18.4 Å². The highest BCUT2D eigenvalue weighted by atomic mass is 19.3. The summed E-state index contributed by atoms with van der Waals surface area (Å²) in [6, 6.07) is 4.14. The number of hydrogen-bond acceptors (Lipinski definition) is 6. The fourth-order valence-electron chi connectivity index (χ4n) is 5.39. The summed E-state index contributed by atoms with van der Waals surface area (Å²) in [5, 5.41) is 15.5. The summed E-state index contributed by atoms with van der Waals surface area (Å²) in [7, 11) is 0. The van der Waals surface area contributed by atoms with Crippen molar-refractivity contribution in [2.24, 2.45) is 11.8 Å². The van der Waals surface area contributed by atoms with Crippen LogP contribution in [0.1, 0.15) is 74.0 Å². The minimum Gasteiger partial charge on any atom is -0.493 e. The topological polar surface area (TPSA) is 129 Å². The van der Waals surface area contributed by atoms with Crippen molar-refractivity contribution in [2.75, 3.05) is 6.61 Å². The van der Waals surface area contributed by atoms with Crippen LogP contribution in [0, 0.1) is 18.8 Å². The van der Waals surface area contributed by atoms with Crippen molar-refractivity contribution in [3.05, 3.63) is 41.3 Å². The maximum Gasteiger partial charge on any atom is 0.263 e. The van der Waals surface area contributed by atoms with Gasteiger partial charge in [0.05, 0.1) is 17.7 Å². The number of nitrogens with zero attached hydrogens (tertiary/aromatic N) is 2. The van der Waals surface area contributed by atoms with Crippen LogP contribution in [-0.2, 0) is 4.79 Å². The Balaban J connectivity index is 1.39. The van der Waals surface area contributed by atoms with Gasteiger partial charge in [0.1, 0.15) is 29.4 Å². The Morgan fingerprint density at radius 3 is 2.62 bits per heavy atom. The molecule has 5 rings (SSSR count).